The van der Waals surface area contributed by atoms with Crippen molar-refractivity contribution in [1.82, 2.24) is 0 Å². The summed E-state index contributed by atoms with van der Waals surface area (Å²) < 4.78 is 58.7. The molecule has 0 amide bonds. The first kappa shape index (κ1) is 15.5. The standard InChI is InChI=1S/C14H7BrF4O2/c15-8-1-4-10(5-2-8)21-14(18,19)13(20)11-7-9(16)3-6-12(11)17/h1-7H. The predicted octanol–water partition coefficient (Wildman–Crippen LogP) is 4.58. The third-order valence-corrected chi connectivity index (χ3v) is 3.03. The van der Waals surface area contributed by atoms with Gasteiger partial charge in [0, 0.05) is 4.47 Å². The van der Waals surface area contributed by atoms with Crippen molar-refractivity contribution in [3.63, 3.8) is 0 Å². The molecule has 0 aliphatic rings. The Labute approximate surface area is 125 Å². The van der Waals surface area contributed by atoms with E-state index in [0.29, 0.717) is 16.6 Å². The second-order valence-electron chi connectivity index (χ2n) is 4.03. The minimum atomic E-state index is -4.32. The molecule has 0 N–H and O–H groups in total. The number of hydrogen-bond acceptors (Lipinski definition) is 2. The van der Waals surface area contributed by atoms with Gasteiger partial charge in [0.2, 0.25) is 0 Å². The van der Waals surface area contributed by atoms with Gasteiger partial charge in [-0.25, -0.2) is 8.78 Å². The summed E-state index contributed by atoms with van der Waals surface area (Å²) in [5.41, 5.74) is -1.07. The molecule has 0 bridgehead atoms. The van der Waals surface area contributed by atoms with Crippen LogP contribution in [0.3, 0.4) is 0 Å². The highest BCUT2D eigenvalue weighted by Gasteiger charge is 2.44. The molecule has 0 heterocycles. The van der Waals surface area contributed by atoms with Crippen molar-refractivity contribution in [2.45, 2.75) is 6.11 Å². The van der Waals surface area contributed by atoms with E-state index < -0.39 is 29.1 Å². The van der Waals surface area contributed by atoms with Gasteiger partial charge in [0.05, 0.1) is 5.56 Å². The SMILES string of the molecule is O=C(c1cc(F)ccc1F)C(F)(F)Oc1ccc(Br)cc1. The van der Waals surface area contributed by atoms with Gasteiger partial charge < -0.3 is 4.74 Å². The normalized spacial score (nSPS) is 11.3. The lowest BCUT2D eigenvalue weighted by Gasteiger charge is -2.17. The number of ketones is 1. The van der Waals surface area contributed by atoms with Gasteiger partial charge in [-0.3, -0.25) is 4.79 Å². The molecule has 0 aromatic heterocycles. The monoisotopic (exact) mass is 362 g/mol. The summed E-state index contributed by atoms with van der Waals surface area (Å²) in [6.45, 7) is 0. The Hall–Kier alpha value is -1.89. The molecule has 0 spiro atoms. The molecule has 2 rings (SSSR count). The molecule has 2 aromatic carbocycles. The maximum atomic E-state index is 13.7. The molecule has 0 saturated carbocycles. The van der Waals surface area contributed by atoms with E-state index in [1.165, 1.54) is 24.3 Å². The van der Waals surface area contributed by atoms with Crippen molar-refractivity contribution in [3.05, 3.63) is 64.1 Å². The summed E-state index contributed by atoms with van der Waals surface area (Å²) in [6, 6.07) is 6.98. The highest BCUT2D eigenvalue weighted by atomic mass is 79.9. The van der Waals surface area contributed by atoms with Gasteiger partial charge in [0.25, 0.3) is 5.78 Å². The topological polar surface area (TPSA) is 26.3 Å². The van der Waals surface area contributed by atoms with E-state index in [1.807, 2.05) is 0 Å². The maximum absolute atomic E-state index is 13.7. The number of ether oxygens (including phenoxy) is 1. The van der Waals surface area contributed by atoms with Crippen molar-refractivity contribution in [3.8, 4) is 5.75 Å². The van der Waals surface area contributed by atoms with Gasteiger partial charge in [0.15, 0.2) is 0 Å². The number of Topliss-reactive ketones (excluding diaryl/α,β-unsaturated/α-hetero) is 1. The zero-order valence-corrected chi connectivity index (χ0v) is 11.8. The summed E-state index contributed by atoms with van der Waals surface area (Å²) >= 11 is 3.11. The van der Waals surface area contributed by atoms with Crippen LogP contribution < -0.4 is 4.74 Å². The smallest absolute Gasteiger partial charge is 0.426 e. The van der Waals surface area contributed by atoms with Crippen LogP contribution in [0.1, 0.15) is 10.4 Å². The number of halogens is 5. The number of alkyl halides is 2. The zero-order chi connectivity index (χ0) is 15.6. The molecule has 2 aromatic rings. The number of carbonyl (C=O) groups is 1. The van der Waals surface area contributed by atoms with Crippen LogP contribution in [-0.4, -0.2) is 11.9 Å². The fraction of sp³-hybridized carbons (Fsp3) is 0.0714. The minimum absolute atomic E-state index is 0.284. The number of hydrogen-bond donors (Lipinski definition) is 0. The second kappa shape index (κ2) is 5.85. The van der Waals surface area contributed by atoms with Gasteiger partial charge in [-0.15, -0.1) is 0 Å². The largest absolute Gasteiger partial charge is 0.466 e. The van der Waals surface area contributed by atoms with Crippen LogP contribution in [0.25, 0.3) is 0 Å². The molecule has 0 fully saturated rings. The number of rotatable bonds is 4. The van der Waals surface area contributed by atoms with Crippen molar-refractivity contribution in [1.29, 1.82) is 0 Å². The van der Waals surface area contributed by atoms with Crippen LogP contribution in [-0.2, 0) is 0 Å². The lowest BCUT2D eigenvalue weighted by Crippen LogP contribution is -2.35. The average molecular weight is 363 g/mol. The summed E-state index contributed by atoms with van der Waals surface area (Å²) in [5, 5.41) is 0. The molecular formula is C14H7BrF4O2. The summed E-state index contributed by atoms with van der Waals surface area (Å²) in [4.78, 5) is 11.6. The zero-order valence-electron chi connectivity index (χ0n) is 10.2. The van der Waals surface area contributed by atoms with E-state index in [4.69, 9.17) is 0 Å². The van der Waals surface area contributed by atoms with E-state index in [9.17, 15) is 22.4 Å². The number of benzene rings is 2. The van der Waals surface area contributed by atoms with Gasteiger partial charge in [-0.2, -0.15) is 8.78 Å². The van der Waals surface area contributed by atoms with Crippen LogP contribution in [0.2, 0.25) is 0 Å². The lowest BCUT2D eigenvalue weighted by molar-refractivity contribution is -0.134. The average Bonchev–Trinajstić information content (AvgIpc) is 2.43. The molecule has 0 radical (unpaired) electrons. The molecule has 0 saturated heterocycles. The van der Waals surface area contributed by atoms with Crippen LogP contribution in [0, 0.1) is 11.6 Å². The molecule has 0 aliphatic heterocycles. The van der Waals surface area contributed by atoms with E-state index in [0.717, 1.165) is 6.07 Å². The summed E-state index contributed by atoms with van der Waals surface area (Å²) in [6.07, 6.45) is -4.32. The second-order valence-corrected chi connectivity index (χ2v) is 4.94. The quantitative estimate of drug-likeness (QED) is 0.587. The molecule has 0 aliphatic carbocycles. The molecule has 7 heteroatoms. The third-order valence-electron chi connectivity index (χ3n) is 2.50. The first-order valence-corrected chi connectivity index (χ1v) is 6.41. The van der Waals surface area contributed by atoms with Gasteiger partial charge in [-0.1, -0.05) is 15.9 Å². The molecule has 110 valence electrons. The van der Waals surface area contributed by atoms with Crippen molar-refractivity contribution >= 4 is 21.7 Å². The predicted molar refractivity (Wildman–Crippen MR) is 70.4 cm³/mol. The molecule has 0 atom stereocenters. The van der Waals surface area contributed by atoms with Crippen LogP contribution >= 0.6 is 15.9 Å². The summed E-state index contributed by atoms with van der Waals surface area (Å²) in [5.74, 6) is -4.49. The van der Waals surface area contributed by atoms with Crippen LogP contribution in [0.5, 0.6) is 5.75 Å². The van der Waals surface area contributed by atoms with Gasteiger partial charge in [-0.05, 0) is 42.5 Å². The lowest BCUT2D eigenvalue weighted by atomic mass is 10.1. The minimum Gasteiger partial charge on any atom is -0.426 e. The van der Waals surface area contributed by atoms with E-state index in [-0.39, 0.29) is 5.75 Å². The Kier molecular flexibility index (Phi) is 4.32. The molecular weight excluding hydrogens is 356 g/mol. The molecule has 21 heavy (non-hydrogen) atoms. The molecule has 0 unspecified atom stereocenters. The van der Waals surface area contributed by atoms with Gasteiger partial charge >= 0.3 is 6.11 Å². The fourth-order valence-electron chi connectivity index (χ4n) is 1.53. The van der Waals surface area contributed by atoms with Crippen molar-refractivity contribution < 1.29 is 27.1 Å². The third kappa shape index (κ3) is 3.60. The highest BCUT2D eigenvalue weighted by Crippen LogP contribution is 2.27. The van der Waals surface area contributed by atoms with Gasteiger partial charge in [0.1, 0.15) is 17.4 Å². The number of carbonyl (C=O) groups excluding carboxylic acids is 1. The van der Waals surface area contributed by atoms with Crippen LogP contribution in [0.15, 0.2) is 46.9 Å². The Morgan fingerprint density at radius 1 is 1.05 bits per heavy atom. The molecule has 2 nitrogen and oxygen atoms in total. The van der Waals surface area contributed by atoms with Crippen molar-refractivity contribution in [2.75, 3.05) is 0 Å². The Balaban J connectivity index is 2.27. The Morgan fingerprint density at radius 3 is 2.29 bits per heavy atom. The summed E-state index contributed by atoms with van der Waals surface area (Å²) in [7, 11) is 0. The first-order valence-electron chi connectivity index (χ1n) is 5.62. The van der Waals surface area contributed by atoms with E-state index in [1.54, 1.807) is 0 Å². The van der Waals surface area contributed by atoms with E-state index in [2.05, 4.69) is 20.7 Å². The highest BCUT2D eigenvalue weighted by molar-refractivity contribution is 9.10. The Bertz CT molecular complexity index is 671. The Morgan fingerprint density at radius 2 is 1.67 bits per heavy atom. The van der Waals surface area contributed by atoms with E-state index >= 15 is 0 Å². The van der Waals surface area contributed by atoms with Crippen LogP contribution in [0.4, 0.5) is 17.6 Å². The fourth-order valence-corrected chi connectivity index (χ4v) is 1.79. The maximum Gasteiger partial charge on any atom is 0.466 e. The first-order chi connectivity index (χ1) is 9.79. The van der Waals surface area contributed by atoms with Crippen molar-refractivity contribution in [2.24, 2.45) is 0 Å².